The summed E-state index contributed by atoms with van der Waals surface area (Å²) >= 11 is 0. The van der Waals surface area contributed by atoms with Crippen LogP contribution in [0.25, 0.3) is 0 Å². The van der Waals surface area contributed by atoms with E-state index in [1.165, 1.54) is 11.1 Å². The molecule has 0 saturated carbocycles. The van der Waals surface area contributed by atoms with E-state index >= 15 is 0 Å². The number of rotatable bonds is 3. The van der Waals surface area contributed by atoms with E-state index in [0.29, 0.717) is 12.6 Å². The average molecular weight is 445 g/mol. The van der Waals surface area contributed by atoms with E-state index in [9.17, 15) is 9.59 Å². The molecule has 7 heteroatoms. The lowest BCUT2D eigenvalue weighted by atomic mass is 9.63. The van der Waals surface area contributed by atoms with Crippen molar-refractivity contribution in [1.82, 2.24) is 20.0 Å². The lowest BCUT2D eigenvalue weighted by Gasteiger charge is -2.49. The van der Waals surface area contributed by atoms with Gasteiger partial charge < -0.3 is 24.8 Å². The number of amides is 3. The summed E-state index contributed by atoms with van der Waals surface area (Å²) in [7, 11) is 3.58. The Labute approximate surface area is 193 Å². The van der Waals surface area contributed by atoms with Gasteiger partial charge in [-0.3, -0.25) is 0 Å². The van der Waals surface area contributed by atoms with Crippen LogP contribution in [0.5, 0.6) is 0 Å². The molecular weight excluding hydrogens is 404 g/mol. The van der Waals surface area contributed by atoms with Crippen molar-refractivity contribution < 1.29 is 15.8 Å². The predicted molar refractivity (Wildman–Crippen MR) is 127 cm³/mol. The summed E-state index contributed by atoms with van der Waals surface area (Å²) in [6.45, 7) is 6.09. The van der Waals surface area contributed by atoms with Crippen LogP contribution < -0.4 is 5.32 Å². The van der Waals surface area contributed by atoms with E-state index in [2.05, 4.69) is 34.5 Å². The van der Waals surface area contributed by atoms with E-state index in [1.54, 1.807) is 19.0 Å². The Hall–Kier alpha value is -2.28. The highest BCUT2D eigenvalue weighted by molar-refractivity contribution is 5.74. The molecule has 2 heterocycles. The fourth-order valence-electron chi connectivity index (χ4n) is 5.89. The molecule has 1 atom stereocenters. The van der Waals surface area contributed by atoms with Crippen molar-refractivity contribution in [3.8, 4) is 0 Å². The first kappa shape index (κ1) is 22.9. The van der Waals surface area contributed by atoms with Crippen LogP contribution in [0.3, 0.4) is 0 Å². The van der Waals surface area contributed by atoms with Gasteiger partial charge >= 0.3 is 12.1 Å². The van der Waals surface area contributed by atoms with Crippen molar-refractivity contribution in [3.05, 3.63) is 35.4 Å². The second-order valence-electron chi connectivity index (χ2n) is 9.76. The van der Waals surface area contributed by atoms with Crippen LogP contribution in [0.4, 0.5) is 9.59 Å². The van der Waals surface area contributed by atoms with Gasteiger partial charge in [0.2, 0.25) is 0 Å². The molecule has 0 aromatic heterocycles. The molecule has 0 unspecified atom stereocenters. The summed E-state index contributed by atoms with van der Waals surface area (Å²) in [6, 6.07) is 9.36. The molecule has 2 aliphatic heterocycles. The largest absolute Gasteiger partial charge is 0.450 e. The molecule has 1 aromatic carbocycles. The number of likely N-dealkylation sites (tertiary alicyclic amines) is 2. The lowest BCUT2D eigenvalue weighted by molar-refractivity contribution is 0.0523. The van der Waals surface area contributed by atoms with E-state index in [1.807, 2.05) is 11.8 Å². The number of carbonyl (C=O) groups excluding carboxylic acids is 2. The molecule has 1 aliphatic carbocycles. The molecule has 4 rings (SSSR count). The van der Waals surface area contributed by atoms with Crippen LogP contribution in [0.1, 0.15) is 64.0 Å². The summed E-state index contributed by atoms with van der Waals surface area (Å²) < 4.78 is 5.16. The molecule has 2 fully saturated rings. The number of nitrogens with zero attached hydrogens (tertiary/aromatic N) is 3. The maximum atomic E-state index is 12.3. The zero-order chi connectivity index (χ0) is 22.7. The second kappa shape index (κ2) is 9.69. The Morgan fingerprint density at radius 2 is 1.78 bits per heavy atom. The lowest BCUT2D eigenvalue weighted by Crippen LogP contribution is -2.52. The van der Waals surface area contributed by atoms with Gasteiger partial charge in [0.05, 0.1) is 12.6 Å². The first-order valence-electron chi connectivity index (χ1n) is 12.2. The van der Waals surface area contributed by atoms with Gasteiger partial charge in [0.15, 0.2) is 0 Å². The second-order valence-corrected chi connectivity index (χ2v) is 9.76. The van der Waals surface area contributed by atoms with Crippen LogP contribution in [-0.2, 0) is 10.2 Å². The zero-order valence-electron chi connectivity index (χ0n) is 19.8. The number of urea groups is 1. The Balaban J connectivity index is 0.00000306. The maximum absolute atomic E-state index is 12.3. The molecule has 3 amide bonds. The van der Waals surface area contributed by atoms with Gasteiger partial charge in [-0.05, 0) is 75.1 Å². The third-order valence-corrected chi connectivity index (χ3v) is 7.79. The molecular formula is C25H40N4O3. The molecule has 0 bridgehead atoms. The van der Waals surface area contributed by atoms with Crippen molar-refractivity contribution in [3.63, 3.8) is 0 Å². The zero-order valence-corrected chi connectivity index (χ0v) is 19.8. The fraction of sp³-hybridized carbons (Fsp3) is 0.680. The minimum Gasteiger partial charge on any atom is -0.450 e. The van der Waals surface area contributed by atoms with Gasteiger partial charge in [-0.1, -0.05) is 24.3 Å². The highest BCUT2D eigenvalue weighted by Crippen LogP contribution is 2.48. The number of nitrogens with one attached hydrogen (secondary N) is 1. The van der Waals surface area contributed by atoms with Gasteiger partial charge in [-0.2, -0.15) is 0 Å². The van der Waals surface area contributed by atoms with E-state index in [-0.39, 0.29) is 25.0 Å². The monoisotopic (exact) mass is 444 g/mol. The Morgan fingerprint density at radius 3 is 2.44 bits per heavy atom. The molecule has 7 nitrogen and oxygen atoms in total. The SMILES string of the molecule is CCOC(=O)N1CCC(N2CCC3(CC[C@@H](NC(=O)N(C)C)c4ccccc43)CC2)CC1.[HH]. The van der Waals surface area contributed by atoms with Crippen LogP contribution in [-0.4, -0.2) is 79.7 Å². The topological polar surface area (TPSA) is 65.1 Å². The molecule has 1 spiro atoms. The van der Waals surface area contributed by atoms with E-state index < -0.39 is 0 Å². The smallest absolute Gasteiger partial charge is 0.409 e. The summed E-state index contributed by atoms with van der Waals surface area (Å²) in [4.78, 5) is 30.4. The minimum atomic E-state index is -0.168. The van der Waals surface area contributed by atoms with Crippen molar-refractivity contribution >= 4 is 12.1 Å². The molecule has 2 saturated heterocycles. The van der Waals surface area contributed by atoms with Crippen molar-refractivity contribution in [2.24, 2.45) is 0 Å². The van der Waals surface area contributed by atoms with E-state index in [0.717, 1.165) is 64.7 Å². The van der Waals surface area contributed by atoms with Gasteiger partial charge in [0.1, 0.15) is 0 Å². The summed E-state index contributed by atoms with van der Waals surface area (Å²) in [5.41, 5.74) is 2.95. The first-order chi connectivity index (χ1) is 15.4. The summed E-state index contributed by atoms with van der Waals surface area (Å²) in [5, 5.41) is 3.21. The number of hydrogen-bond acceptors (Lipinski definition) is 4. The number of fused-ring (bicyclic) bond motifs is 2. The maximum Gasteiger partial charge on any atom is 0.409 e. The van der Waals surface area contributed by atoms with Gasteiger partial charge in [-0.25, -0.2) is 9.59 Å². The molecule has 178 valence electrons. The third-order valence-electron chi connectivity index (χ3n) is 7.79. The normalized spacial score (nSPS) is 23.5. The minimum absolute atomic E-state index is 0. The Bertz CT molecular complexity index is 818. The van der Waals surface area contributed by atoms with E-state index in [4.69, 9.17) is 4.74 Å². The van der Waals surface area contributed by atoms with Gasteiger partial charge in [-0.15, -0.1) is 0 Å². The first-order valence-corrected chi connectivity index (χ1v) is 12.2. The summed E-state index contributed by atoms with van der Waals surface area (Å²) in [5.74, 6) is 0. The third kappa shape index (κ3) is 4.58. The standard InChI is InChI=1S/C25H38N4O3.H2/c1-4-32-24(31)29-15-10-19(11-16-29)28-17-13-25(14-18-28)12-9-22(26-23(30)27(2)3)20-7-5-6-8-21(20)25;/h5-8,19,22H,4,9-18H2,1-3H3,(H,26,30);1H/t22-;/m1./s1. The van der Waals surface area contributed by atoms with Crippen molar-refractivity contribution in [2.75, 3.05) is 46.9 Å². The molecule has 1 aromatic rings. The van der Waals surface area contributed by atoms with Gasteiger partial charge in [0.25, 0.3) is 0 Å². The van der Waals surface area contributed by atoms with Crippen LogP contribution >= 0.6 is 0 Å². The van der Waals surface area contributed by atoms with Crippen LogP contribution in [0.2, 0.25) is 0 Å². The summed E-state index contributed by atoms with van der Waals surface area (Å²) in [6.07, 6.45) is 6.33. The Morgan fingerprint density at radius 1 is 1.09 bits per heavy atom. The van der Waals surface area contributed by atoms with Crippen LogP contribution in [0, 0.1) is 0 Å². The predicted octanol–water partition coefficient (Wildman–Crippen LogP) is 3.99. The van der Waals surface area contributed by atoms with Gasteiger partial charge in [0, 0.05) is 34.7 Å². The fourth-order valence-corrected chi connectivity index (χ4v) is 5.89. The molecule has 1 N–H and O–H groups in total. The number of carbonyl (C=O) groups is 2. The number of benzene rings is 1. The van der Waals surface area contributed by atoms with Crippen LogP contribution in [0.15, 0.2) is 24.3 Å². The van der Waals surface area contributed by atoms with Crippen molar-refractivity contribution in [1.29, 1.82) is 0 Å². The molecule has 3 aliphatic rings. The van der Waals surface area contributed by atoms with Crippen molar-refractivity contribution in [2.45, 2.75) is 62.9 Å². The Kier molecular flexibility index (Phi) is 6.93. The molecule has 0 radical (unpaired) electrons. The number of hydrogen-bond donors (Lipinski definition) is 1. The average Bonchev–Trinajstić information content (AvgIpc) is 2.82. The molecule has 32 heavy (non-hydrogen) atoms. The number of ether oxygens (including phenoxy) is 1. The highest BCUT2D eigenvalue weighted by atomic mass is 16.6. The number of piperidine rings is 2. The quantitative estimate of drug-likeness (QED) is 0.766. The highest BCUT2D eigenvalue weighted by Gasteiger charge is 2.43.